The molecule has 114 valence electrons. The molecule has 1 aliphatic heterocycles. The molecule has 1 aromatic rings. The minimum absolute atomic E-state index is 0.0228. The molecule has 5 heteroatoms. The summed E-state index contributed by atoms with van der Waals surface area (Å²) >= 11 is 6.05. The van der Waals surface area contributed by atoms with Gasteiger partial charge in [-0.25, -0.2) is 4.39 Å². The topological polar surface area (TPSA) is 41.8 Å². The Morgan fingerprint density at radius 3 is 3.00 bits per heavy atom. The van der Waals surface area contributed by atoms with E-state index in [1.807, 2.05) is 0 Å². The van der Waals surface area contributed by atoms with Crippen LogP contribution in [0.5, 0.6) is 5.75 Å². The van der Waals surface area contributed by atoms with Crippen molar-refractivity contribution in [1.29, 1.82) is 0 Å². The molecule has 0 saturated heterocycles. The molecule has 0 radical (unpaired) electrons. The molecule has 1 aromatic carbocycles. The summed E-state index contributed by atoms with van der Waals surface area (Å²) in [6, 6.07) is 3.34. The maximum Gasteiger partial charge on any atom is 0.154 e. The zero-order chi connectivity index (χ0) is 15.2. The Morgan fingerprint density at radius 2 is 2.29 bits per heavy atom. The molecule has 1 heterocycles. The van der Waals surface area contributed by atoms with E-state index in [0.29, 0.717) is 11.3 Å². The number of aliphatic hydroxyl groups excluding tert-OH is 1. The molecular formula is C16H19ClFNO2. The van der Waals surface area contributed by atoms with Crippen LogP contribution in [0.1, 0.15) is 25.3 Å². The van der Waals surface area contributed by atoms with Gasteiger partial charge in [-0.3, -0.25) is 4.99 Å². The zero-order valence-corrected chi connectivity index (χ0v) is 12.7. The minimum Gasteiger partial charge on any atom is -0.488 e. The third-order valence-electron chi connectivity index (χ3n) is 3.47. The average Bonchev–Trinajstić information content (AvgIpc) is 2.49. The molecule has 0 saturated carbocycles. The monoisotopic (exact) mass is 311 g/mol. The molecule has 2 rings (SSSR count). The van der Waals surface area contributed by atoms with Crippen molar-refractivity contribution in [3.8, 4) is 5.75 Å². The molecule has 0 aliphatic carbocycles. The van der Waals surface area contributed by atoms with Gasteiger partial charge < -0.3 is 9.84 Å². The molecule has 3 nitrogen and oxygen atoms in total. The van der Waals surface area contributed by atoms with Crippen LogP contribution < -0.4 is 4.74 Å². The van der Waals surface area contributed by atoms with E-state index in [4.69, 9.17) is 21.4 Å². The van der Waals surface area contributed by atoms with Crippen molar-refractivity contribution in [1.82, 2.24) is 0 Å². The molecular weight excluding hydrogens is 293 g/mol. The summed E-state index contributed by atoms with van der Waals surface area (Å²) in [6.45, 7) is 2.97. The van der Waals surface area contributed by atoms with Crippen LogP contribution in [0.25, 0.3) is 0 Å². The van der Waals surface area contributed by atoms with Gasteiger partial charge in [-0.15, -0.1) is 0 Å². The highest BCUT2D eigenvalue weighted by atomic mass is 35.5. The van der Waals surface area contributed by atoms with E-state index in [-0.39, 0.29) is 24.2 Å². The lowest BCUT2D eigenvalue weighted by Crippen LogP contribution is -2.19. The van der Waals surface area contributed by atoms with E-state index in [9.17, 15) is 4.39 Å². The predicted octanol–water partition coefficient (Wildman–Crippen LogP) is 3.63. The van der Waals surface area contributed by atoms with Gasteiger partial charge in [0.25, 0.3) is 0 Å². The normalized spacial score (nSPS) is 18.9. The lowest BCUT2D eigenvalue weighted by molar-refractivity contribution is 0.336. The molecule has 21 heavy (non-hydrogen) atoms. The number of aliphatic hydroxyl groups is 1. The highest BCUT2D eigenvalue weighted by Gasteiger charge is 2.22. The van der Waals surface area contributed by atoms with E-state index >= 15 is 0 Å². The third-order valence-corrected chi connectivity index (χ3v) is 3.83. The fraction of sp³-hybridized carbons (Fsp3) is 0.438. The van der Waals surface area contributed by atoms with Crippen molar-refractivity contribution < 1.29 is 14.2 Å². The molecule has 1 unspecified atom stereocenters. The fourth-order valence-electron chi connectivity index (χ4n) is 2.36. The van der Waals surface area contributed by atoms with E-state index in [2.05, 4.69) is 11.9 Å². The van der Waals surface area contributed by atoms with Crippen LogP contribution in [0.3, 0.4) is 0 Å². The Labute approximate surface area is 129 Å². The summed E-state index contributed by atoms with van der Waals surface area (Å²) in [6.07, 6.45) is 5.25. The standard InChI is InChI=1S/C16H19ClFNO2/c1-11-5-4-8-19-16(11)12-6-7-13(14(17)15(12)18)21-10-3-2-9-20/h2-3,6-7,11,20H,4-5,8-10H2,1H3/b3-2-. The summed E-state index contributed by atoms with van der Waals surface area (Å²) < 4.78 is 19.8. The van der Waals surface area contributed by atoms with Crippen LogP contribution in [0.15, 0.2) is 29.3 Å². The largest absolute Gasteiger partial charge is 0.488 e. The predicted molar refractivity (Wildman–Crippen MR) is 82.9 cm³/mol. The second kappa shape index (κ2) is 7.57. The molecule has 1 atom stereocenters. The number of ether oxygens (including phenoxy) is 1. The number of hydrogen-bond donors (Lipinski definition) is 1. The first kappa shape index (κ1) is 16.0. The van der Waals surface area contributed by atoms with Crippen molar-refractivity contribution in [2.75, 3.05) is 19.8 Å². The summed E-state index contributed by atoms with van der Waals surface area (Å²) in [5.74, 6) is 0.0564. The van der Waals surface area contributed by atoms with Crippen molar-refractivity contribution in [2.45, 2.75) is 19.8 Å². The van der Waals surface area contributed by atoms with Gasteiger partial charge in [-0.2, -0.15) is 0 Å². The van der Waals surface area contributed by atoms with Crippen LogP contribution in [0.2, 0.25) is 5.02 Å². The fourth-order valence-corrected chi connectivity index (χ4v) is 2.58. The molecule has 0 aromatic heterocycles. The van der Waals surface area contributed by atoms with Gasteiger partial charge in [0.15, 0.2) is 5.82 Å². The number of halogens is 2. The van der Waals surface area contributed by atoms with Crippen molar-refractivity contribution in [2.24, 2.45) is 10.9 Å². The number of benzene rings is 1. The van der Waals surface area contributed by atoms with Gasteiger partial charge in [0.05, 0.1) is 6.61 Å². The van der Waals surface area contributed by atoms with Gasteiger partial charge in [0, 0.05) is 17.8 Å². The van der Waals surface area contributed by atoms with Crippen LogP contribution in [-0.2, 0) is 0 Å². The van der Waals surface area contributed by atoms with Gasteiger partial charge in [-0.05, 0) is 37.0 Å². The number of rotatable bonds is 5. The van der Waals surface area contributed by atoms with Crippen LogP contribution >= 0.6 is 11.6 Å². The van der Waals surface area contributed by atoms with E-state index in [1.165, 1.54) is 0 Å². The van der Waals surface area contributed by atoms with Crippen molar-refractivity contribution in [3.63, 3.8) is 0 Å². The van der Waals surface area contributed by atoms with Crippen LogP contribution in [0, 0.1) is 11.7 Å². The molecule has 1 aliphatic rings. The Morgan fingerprint density at radius 1 is 1.48 bits per heavy atom. The van der Waals surface area contributed by atoms with E-state index in [1.54, 1.807) is 24.3 Å². The maximum absolute atomic E-state index is 14.4. The molecule has 0 fully saturated rings. The number of nitrogens with zero attached hydrogens (tertiary/aromatic N) is 1. The maximum atomic E-state index is 14.4. The lowest BCUT2D eigenvalue weighted by atomic mass is 9.91. The second-order valence-electron chi connectivity index (χ2n) is 5.01. The Bertz CT molecular complexity index is 557. The average molecular weight is 312 g/mol. The SMILES string of the molecule is CC1CCCN=C1c1ccc(OC/C=C\CO)c(Cl)c1F. The lowest BCUT2D eigenvalue weighted by Gasteiger charge is -2.20. The summed E-state index contributed by atoms with van der Waals surface area (Å²) in [5.41, 5.74) is 1.25. The second-order valence-corrected chi connectivity index (χ2v) is 5.39. The zero-order valence-electron chi connectivity index (χ0n) is 12.0. The number of aliphatic imine (C=N–C) groups is 1. The highest BCUT2D eigenvalue weighted by molar-refractivity contribution is 6.32. The van der Waals surface area contributed by atoms with E-state index < -0.39 is 5.82 Å². The van der Waals surface area contributed by atoms with E-state index in [0.717, 1.165) is 25.1 Å². The minimum atomic E-state index is -0.479. The molecule has 0 bridgehead atoms. The van der Waals surface area contributed by atoms with Crippen LogP contribution in [-0.4, -0.2) is 30.6 Å². The Kier molecular flexibility index (Phi) is 5.76. The smallest absolute Gasteiger partial charge is 0.154 e. The first-order valence-corrected chi connectivity index (χ1v) is 7.44. The van der Waals surface area contributed by atoms with Gasteiger partial charge >= 0.3 is 0 Å². The van der Waals surface area contributed by atoms with Gasteiger partial charge in [0.2, 0.25) is 0 Å². The molecule has 0 spiro atoms. The highest BCUT2D eigenvalue weighted by Crippen LogP contribution is 2.32. The third kappa shape index (κ3) is 3.83. The molecule has 1 N–H and O–H groups in total. The first-order chi connectivity index (χ1) is 10.1. The van der Waals surface area contributed by atoms with Gasteiger partial charge in [0.1, 0.15) is 17.4 Å². The first-order valence-electron chi connectivity index (χ1n) is 7.06. The van der Waals surface area contributed by atoms with Crippen molar-refractivity contribution in [3.05, 3.63) is 40.7 Å². The molecule has 0 amide bonds. The van der Waals surface area contributed by atoms with Gasteiger partial charge in [-0.1, -0.05) is 24.6 Å². The Hall–Kier alpha value is -1.39. The van der Waals surface area contributed by atoms with Crippen molar-refractivity contribution >= 4 is 17.3 Å². The summed E-state index contributed by atoms with van der Waals surface area (Å²) in [4.78, 5) is 4.44. The number of hydrogen-bond acceptors (Lipinski definition) is 3. The van der Waals surface area contributed by atoms with Crippen LogP contribution in [0.4, 0.5) is 4.39 Å². The Balaban J connectivity index is 2.21. The quantitative estimate of drug-likeness (QED) is 0.844. The summed E-state index contributed by atoms with van der Waals surface area (Å²) in [5, 5.41) is 8.60. The summed E-state index contributed by atoms with van der Waals surface area (Å²) in [7, 11) is 0.